The molecule has 0 unspecified atom stereocenters. The Bertz CT molecular complexity index is 661. The van der Waals surface area contributed by atoms with Crippen LogP contribution in [0.1, 0.15) is 24.0 Å². The zero-order chi connectivity index (χ0) is 17.5. The third kappa shape index (κ3) is 5.07. The molecule has 1 aliphatic heterocycles. The Morgan fingerprint density at radius 3 is 2.28 bits per heavy atom. The second-order valence-electron chi connectivity index (χ2n) is 6.60. The van der Waals surface area contributed by atoms with Crippen molar-refractivity contribution in [1.29, 1.82) is 0 Å². The van der Waals surface area contributed by atoms with E-state index in [1.165, 1.54) is 5.56 Å². The lowest BCUT2D eigenvalue weighted by Gasteiger charge is -2.32. The molecule has 4 heteroatoms. The second-order valence-corrected chi connectivity index (χ2v) is 6.60. The molecule has 0 aromatic heterocycles. The highest BCUT2D eigenvalue weighted by molar-refractivity contribution is 5.77. The predicted octanol–water partition coefficient (Wildman–Crippen LogP) is 3.04. The van der Waals surface area contributed by atoms with E-state index in [9.17, 15) is 4.79 Å². The van der Waals surface area contributed by atoms with Gasteiger partial charge in [0, 0.05) is 13.1 Å². The molecule has 4 nitrogen and oxygen atoms in total. The van der Waals surface area contributed by atoms with E-state index in [1.807, 2.05) is 47.4 Å². The average molecular weight is 339 g/mol. The molecule has 1 fully saturated rings. The first-order chi connectivity index (χ1) is 12.2. The number of aliphatic hydroxyl groups excluding tert-OH is 1. The number of ether oxygens (including phenoxy) is 1. The monoisotopic (exact) mass is 339 g/mol. The van der Waals surface area contributed by atoms with Crippen molar-refractivity contribution in [2.75, 3.05) is 19.7 Å². The largest absolute Gasteiger partial charge is 0.484 e. The maximum atomic E-state index is 12.3. The zero-order valence-electron chi connectivity index (χ0n) is 14.4. The van der Waals surface area contributed by atoms with Gasteiger partial charge in [-0.1, -0.05) is 42.5 Å². The Kier molecular flexibility index (Phi) is 6.07. The Morgan fingerprint density at radius 1 is 1.00 bits per heavy atom. The minimum Gasteiger partial charge on any atom is -0.484 e. The first-order valence-electron chi connectivity index (χ1n) is 8.89. The molecule has 0 radical (unpaired) electrons. The lowest BCUT2D eigenvalue weighted by Crippen LogP contribution is -2.41. The minimum atomic E-state index is 0.0644. The van der Waals surface area contributed by atoms with Crippen molar-refractivity contribution < 1.29 is 14.6 Å². The van der Waals surface area contributed by atoms with Crippen molar-refractivity contribution in [2.45, 2.75) is 25.9 Å². The van der Waals surface area contributed by atoms with Crippen LogP contribution in [-0.4, -0.2) is 35.6 Å². The van der Waals surface area contributed by atoms with Crippen molar-refractivity contribution in [3.8, 4) is 5.75 Å². The quantitative estimate of drug-likeness (QED) is 0.880. The van der Waals surface area contributed by atoms with Crippen LogP contribution in [0.5, 0.6) is 5.75 Å². The van der Waals surface area contributed by atoms with Crippen LogP contribution in [0.15, 0.2) is 54.6 Å². The summed E-state index contributed by atoms with van der Waals surface area (Å²) in [5.41, 5.74) is 2.25. The number of likely N-dealkylation sites (tertiary alicyclic amines) is 1. The molecule has 0 saturated carbocycles. The standard InChI is InChI=1S/C21H25NO3/c23-15-19-8-6-17(7-9-19)14-18-10-12-22(13-11-18)21(24)16-25-20-4-2-1-3-5-20/h1-9,18,23H,10-16H2. The van der Waals surface area contributed by atoms with Gasteiger partial charge in [0.25, 0.3) is 5.91 Å². The van der Waals surface area contributed by atoms with Crippen LogP contribution in [0.25, 0.3) is 0 Å². The number of rotatable bonds is 6. The summed E-state index contributed by atoms with van der Waals surface area (Å²) in [7, 11) is 0. The maximum Gasteiger partial charge on any atom is 0.260 e. The Morgan fingerprint density at radius 2 is 1.64 bits per heavy atom. The fraction of sp³-hybridized carbons (Fsp3) is 0.381. The summed E-state index contributed by atoms with van der Waals surface area (Å²) in [4.78, 5) is 14.2. The molecule has 1 amide bonds. The summed E-state index contributed by atoms with van der Waals surface area (Å²) in [6.45, 7) is 1.80. The van der Waals surface area contributed by atoms with Gasteiger partial charge in [0.2, 0.25) is 0 Å². The number of benzene rings is 2. The molecule has 1 aliphatic rings. The predicted molar refractivity (Wildman–Crippen MR) is 97.3 cm³/mol. The molecule has 3 rings (SSSR count). The van der Waals surface area contributed by atoms with E-state index in [0.717, 1.165) is 43.7 Å². The highest BCUT2D eigenvalue weighted by atomic mass is 16.5. The molecule has 1 saturated heterocycles. The highest BCUT2D eigenvalue weighted by Gasteiger charge is 2.23. The molecule has 2 aromatic carbocycles. The van der Waals surface area contributed by atoms with Gasteiger partial charge >= 0.3 is 0 Å². The van der Waals surface area contributed by atoms with E-state index in [2.05, 4.69) is 12.1 Å². The molecule has 0 atom stereocenters. The summed E-state index contributed by atoms with van der Waals surface area (Å²) in [6.07, 6.45) is 3.09. The number of para-hydroxylation sites is 1. The molecule has 1 heterocycles. The number of amides is 1. The second kappa shape index (κ2) is 8.67. The molecule has 0 bridgehead atoms. The molecule has 132 valence electrons. The van der Waals surface area contributed by atoms with E-state index in [0.29, 0.717) is 5.92 Å². The molecule has 2 aromatic rings. The van der Waals surface area contributed by atoms with Crippen molar-refractivity contribution in [3.05, 3.63) is 65.7 Å². The number of aliphatic hydroxyl groups is 1. The molecular formula is C21H25NO3. The summed E-state index contributed by atoms with van der Waals surface area (Å²) in [6, 6.07) is 17.6. The molecule has 0 aliphatic carbocycles. The lowest BCUT2D eigenvalue weighted by atomic mass is 9.90. The van der Waals surface area contributed by atoms with Gasteiger partial charge in [0.1, 0.15) is 5.75 Å². The van der Waals surface area contributed by atoms with Gasteiger partial charge in [0.05, 0.1) is 6.61 Å². The summed E-state index contributed by atoms with van der Waals surface area (Å²) < 4.78 is 5.55. The summed E-state index contributed by atoms with van der Waals surface area (Å²) >= 11 is 0. The third-order valence-electron chi connectivity index (χ3n) is 4.80. The van der Waals surface area contributed by atoms with Gasteiger partial charge in [-0.05, 0) is 48.4 Å². The van der Waals surface area contributed by atoms with Gasteiger partial charge in [-0.25, -0.2) is 0 Å². The topological polar surface area (TPSA) is 49.8 Å². The number of nitrogens with zero attached hydrogens (tertiary/aromatic N) is 1. The number of carbonyl (C=O) groups is 1. The molecular weight excluding hydrogens is 314 g/mol. The van der Waals surface area contributed by atoms with E-state index in [1.54, 1.807) is 0 Å². The fourth-order valence-electron chi connectivity index (χ4n) is 3.25. The Hall–Kier alpha value is -2.33. The number of hydrogen-bond donors (Lipinski definition) is 1. The third-order valence-corrected chi connectivity index (χ3v) is 4.80. The summed E-state index contributed by atoms with van der Waals surface area (Å²) in [5.74, 6) is 1.41. The number of piperidine rings is 1. The first kappa shape index (κ1) is 17.5. The van der Waals surface area contributed by atoms with E-state index < -0.39 is 0 Å². The van der Waals surface area contributed by atoms with Crippen molar-refractivity contribution in [3.63, 3.8) is 0 Å². The van der Waals surface area contributed by atoms with Gasteiger partial charge < -0.3 is 14.7 Å². The lowest BCUT2D eigenvalue weighted by molar-refractivity contribution is -0.134. The van der Waals surface area contributed by atoms with Crippen LogP contribution in [-0.2, 0) is 17.8 Å². The zero-order valence-corrected chi connectivity index (χ0v) is 14.4. The van der Waals surface area contributed by atoms with Crippen LogP contribution in [0.2, 0.25) is 0 Å². The average Bonchev–Trinajstić information content (AvgIpc) is 2.68. The smallest absolute Gasteiger partial charge is 0.260 e. The highest BCUT2D eigenvalue weighted by Crippen LogP contribution is 2.22. The van der Waals surface area contributed by atoms with Crippen LogP contribution < -0.4 is 4.74 Å². The van der Waals surface area contributed by atoms with E-state index in [4.69, 9.17) is 9.84 Å². The molecule has 1 N–H and O–H groups in total. The van der Waals surface area contributed by atoms with Crippen LogP contribution in [0.4, 0.5) is 0 Å². The van der Waals surface area contributed by atoms with Gasteiger partial charge in [-0.3, -0.25) is 4.79 Å². The number of carbonyl (C=O) groups excluding carboxylic acids is 1. The van der Waals surface area contributed by atoms with Crippen LogP contribution >= 0.6 is 0 Å². The van der Waals surface area contributed by atoms with Crippen molar-refractivity contribution in [2.24, 2.45) is 5.92 Å². The van der Waals surface area contributed by atoms with Gasteiger partial charge in [0.15, 0.2) is 6.61 Å². The van der Waals surface area contributed by atoms with E-state index in [-0.39, 0.29) is 19.1 Å². The van der Waals surface area contributed by atoms with Crippen LogP contribution in [0, 0.1) is 5.92 Å². The molecule has 0 spiro atoms. The minimum absolute atomic E-state index is 0.0644. The first-order valence-corrected chi connectivity index (χ1v) is 8.89. The summed E-state index contributed by atoms with van der Waals surface area (Å²) in [5, 5.41) is 9.10. The van der Waals surface area contributed by atoms with Gasteiger partial charge in [-0.2, -0.15) is 0 Å². The maximum absolute atomic E-state index is 12.3. The van der Waals surface area contributed by atoms with Crippen molar-refractivity contribution in [1.82, 2.24) is 4.90 Å². The Labute approximate surface area is 149 Å². The fourth-order valence-corrected chi connectivity index (χ4v) is 3.25. The molecule has 25 heavy (non-hydrogen) atoms. The number of hydrogen-bond acceptors (Lipinski definition) is 3. The van der Waals surface area contributed by atoms with Crippen LogP contribution in [0.3, 0.4) is 0 Å². The Balaban J connectivity index is 1.42. The van der Waals surface area contributed by atoms with Gasteiger partial charge in [-0.15, -0.1) is 0 Å². The normalized spacial score (nSPS) is 15.2. The SMILES string of the molecule is O=C(COc1ccccc1)N1CCC(Cc2ccc(CO)cc2)CC1. The van der Waals surface area contributed by atoms with E-state index >= 15 is 0 Å². The van der Waals surface area contributed by atoms with Crippen molar-refractivity contribution >= 4 is 5.91 Å².